The zero-order valence-corrected chi connectivity index (χ0v) is 13.1. The van der Waals surface area contributed by atoms with Gasteiger partial charge in [0.15, 0.2) is 0 Å². The van der Waals surface area contributed by atoms with Crippen LogP contribution in [-0.4, -0.2) is 61.3 Å². The number of fused-ring (bicyclic) bond motifs is 1. The minimum absolute atomic E-state index is 0.00846. The van der Waals surface area contributed by atoms with Crippen LogP contribution in [0.3, 0.4) is 0 Å². The molecule has 2 heterocycles. The molecule has 5 nitrogen and oxygen atoms in total. The number of urea groups is 1. The first-order valence-electron chi connectivity index (χ1n) is 8.17. The van der Waals surface area contributed by atoms with E-state index in [0.29, 0.717) is 6.04 Å². The van der Waals surface area contributed by atoms with Crippen molar-refractivity contribution in [3.05, 3.63) is 42.5 Å². The summed E-state index contributed by atoms with van der Waals surface area (Å²) in [5.74, 6) is 0. The van der Waals surface area contributed by atoms with Crippen LogP contribution in [0.25, 0.3) is 10.8 Å². The Morgan fingerprint density at radius 2 is 1.78 bits per heavy atom. The maximum Gasteiger partial charge on any atom is 0.321 e. The highest BCUT2D eigenvalue weighted by molar-refractivity contribution is 6.01. The van der Waals surface area contributed by atoms with Crippen LogP contribution in [0.4, 0.5) is 10.5 Å². The molecule has 2 saturated heterocycles. The van der Waals surface area contributed by atoms with Gasteiger partial charge in [-0.25, -0.2) is 4.79 Å². The fourth-order valence-electron chi connectivity index (χ4n) is 3.32. The molecule has 0 radical (unpaired) electrons. The van der Waals surface area contributed by atoms with Crippen LogP contribution in [-0.2, 0) is 4.74 Å². The average molecular weight is 311 g/mol. The molecule has 0 saturated carbocycles. The molecule has 2 aromatic carbocycles. The smallest absolute Gasteiger partial charge is 0.321 e. The average Bonchev–Trinajstić information content (AvgIpc) is 2.55. The second kappa shape index (κ2) is 6.18. The van der Waals surface area contributed by atoms with Crippen LogP contribution in [0.15, 0.2) is 42.5 Å². The minimum atomic E-state index is -0.00846. The predicted molar refractivity (Wildman–Crippen MR) is 90.7 cm³/mol. The number of carbonyl (C=O) groups is 1. The van der Waals surface area contributed by atoms with Gasteiger partial charge in [-0.05, 0) is 11.5 Å². The lowest BCUT2D eigenvalue weighted by molar-refractivity contribution is -0.0189. The van der Waals surface area contributed by atoms with Crippen LogP contribution in [0, 0.1) is 0 Å². The third-order valence-corrected chi connectivity index (χ3v) is 4.74. The Morgan fingerprint density at radius 3 is 2.61 bits per heavy atom. The molecule has 2 fully saturated rings. The maximum absolute atomic E-state index is 12.4. The number of benzene rings is 2. The van der Waals surface area contributed by atoms with Crippen LogP contribution in [0.5, 0.6) is 0 Å². The molecule has 0 aliphatic carbocycles. The Kier molecular flexibility index (Phi) is 3.89. The van der Waals surface area contributed by atoms with Gasteiger partial charge < -0.3 is 15.0 Å². The molecule has 2 aromatic rings. The fourth-order valence-corrected chi connectivity index (χ4v) is 3.32. The van der Waals surface area contributed by atoms with E-state index in [1.165, 1.54) is 0 Å². The van der Waals surface area contributed by atoms with Crippen molar-refractivity contribution in [2.24, 2.45) is 0 Å². The quantitative estimate of drug-likeness (QED) is 0.926. The van der Waals surface area contributed by atoms with Gasteiger partial charge in [-0.15, -0.1) is 0 Å². The summed E-state index contributed by atoms with van der Waals surface area (Å²) < 4.78 is 5.38. The third kappa shape index (κ3) is 2.90. The van der Waals surface area contributed by atoms with Gasteiger partial charge in [0.25, 0.3) is 0 Å². The van der Waals surface area contributed by atoms with Gasteiger partial charge in [0.05, 0.1) is 18.9 Å². The largest absolute Gasteiger partial charge is 0.379 e. The van der Waals surface area contributed by atoms with E-state index in [9.17, 15) is 4.79 Å². The Bertz CT molecular complexity index is 701. The summed E-state index contributed by atoms with van der Waals surface area (Å²) in [6.45, 7) is 5.16. The normalized spacial score (nSPS) is 19.6. The summed E-state index contributed by atoms with van der Waals surface area (Å²) in [6, 6.07) is 14.6. The molecule has 120 valence electrons. The zero-order chi connectivity index (χ0) is 15.6. The molecular formula is C18H21N3O2. The van der Waals surface area contributed by atoms with E-state index in [1.54, 1.807) is 0 Å². The number of carbonyl (C=O) groups excluding carboxylic acids is 1. The number of ether oxygens (including phenoxy) is 1. The van der Waals surface area contributed by atoms with Crippen LogP contribution < -0.4 is 5.32 Å². The summed E-state index contributed by atoms with van der Waals surface area (Å²) in [5.41, 5.74) is 0.878. The first-order valence-corrected chi connectivity index (χ1v) is 8.17. The molecule has 4 rings (SSSR count). The maximum atomic E-state index is 12.4. The number of hydrogen-bond acceptors (Lipinski definition) is 3. The number of rotatable bonds is 2. The Hall–Kier alpha value is -2.11. The minimum Gasteiger partial charge on any atom is -0.379 e. The van der Waals surface area contributed by atoms with E-state index < -0.39 is 0 Å². The molecule has 5 heteroatoms. The first-order chi connectivity index (χ1) is 11.3. The van der Waals surface area contributed by atoms with Gasteiger partial charge in [0.1, 0.15) is 0 Å². The summed E-state index contributed by atoms with van der Waals surface area (Å²) in [6.07, 6.45) is 0. The molecule has 0 unspecified atom stereocenters. The Labute approximate surface area is 135 Å². The highest BCUT2D eigenvalue weighted by Gasteiger charge is 2.35. The molecular weight excluding hydrogens is 290 g/mol. The molecule has 0 aromatic heterocycles. The summed E-state index contributed by atoms with van der Waals surface area (Å²) in [5, 5.41) is 5.27. The van der Waals surface area contributed by atoms with E-state index in [2.05, 4.69) is 22.3 Å². The standard InChI is InChI=1S/C18H21N3O2/c22-18(21-12-15(13-21)20-8-10-23-11-9-20)19-17-7-3-5-14-4-1-2-6-16(14)17/h1-7,15H,8-13H2,(H,19,22). The van der Waals surface area contributed by atoms with Crippen molar-refractivity contribution in [2.75, 3.05) is 44.7 Å². The van der Waals surface area contributed by atoms with Gasteiger partial charge >= 0.3 is 6.03 Å². The van der Waals surface area contributed by atoms with E-state index >= 15 is 0 Å². The van der Waals surface area contributed by atoms with Crippen molar-refractivity contribution in [1.82, 2.24) is 9.80 Å². The number of likely N-dealkylation sites (tertiary alicyclic amines) is 1. The molecule has 2 amide bonds. The number of amides is 2. The van der Waals surface area contributed by atoms with E-state index in [-0.39, 0.29) is 6.03 Å². The lowest BCUT2D eigenvalue weighted by Crippen LogP contribution is -2.63. The molecule has 0 atom stereocenters. The number of anilines is 1. The summed E-state index contributed by atoms with van der Waals surface area (Å²) in [7, 11) is 0. The van der Waals surface area contributed by atoms with Crippen molar-refractivity contribution >= 4 is 22.5 Å². The van der Waals surface area contributed by atoms with E-state index in [1.807, 2.05) is 35.2 Å². The van der Waals surface area contributed by atoms with Crippen molar-refractivity contribution in [3.8, 4) is 0 Å². The summed E-state index contributed by atoms with van der Waals surface area (Å²) >= 11 is 0. The predicted octanol–water partition coefficient (Wildman–Crippen LogP) is 2.39. The van der Waals surface area contributed by atoms with Crippen molar-refractivity contribution in [1.29, 1.82) is 0 Å². The van der Waals surface area contributed by atoms with E-state index in [4.69, 9.17) is 4.74 Å². The monoisotopic (exact) mass is 311 g/mol. The van der Waals surface area contributed by atoms with Gasteiger partial charge in [-0.1, -0.05) is 36.4 Å². The molecule has 0 spiro atoms. The Morgan fingerprint density at radius 1 is 1.04 bits per heavy atom. The van der Waals surface area contributed by atoms with Crippen molar-refractivity contribution in [2.45, 2.75) is 6.04 Å². The fraction of sp³-hybridized carbons (Fsp3) is 0.389. The van der Waals surface area contributed by atoms with E-state index in [0.717, 1.165) is 55.9 Å². The number of morpholine rings is 1. The lowest BCUT2D eigenvalue weighted by Gasteiger charge is -2.46. The number of nitrogens with one attached hydrogen (secondary N) is 1. The van der Waals surface area contributed by atoms with Gasteiger partial charge in [0.2, 0.25) is 0 Å². The SMILES string of the molecule is O=C(Nc1cccc2ccccc12)N1CC(N2CCOCC2)C1. The third-order valence-electron chi connectivity index (χ3n) is 4.74. The van der Waals surface area contributed by atoms with Gasteiger partial charge in [0, 0.05) is 37.6 Å². The van der Waals surface area contributed by atoms with Crippen molar-refractivity contribution in [3.63, 3.8) is 0 Å². The highest BCUT2D eigenvalue weighted by atomic mass is 16.5. The van der Waals surface area contributed by atoms with Crippen LogP contribution >= 0.6 is 0 Å². The molecule has 1 N–H and O–H groups in total. The van der Waals surface area contributed by atoms with Crippen LogP contribution in [0.2, 0.25) is 0 Å². The molecule has 2 aliphatic rings. The molecule has 23 heavy (non-hydrogen) atoms. The lowest BCUT2D eigenvalue weighted by atomic mass is 10.1. The number of nitrogens with zero attached hydrogens (tertiary/aromatic N) is 2. The molecule has 0 bridgehead atoms. The first kappa shape index (κ1) is 14.5. The highest BCUT2D eigenvalue weighted by Crippen LogP contribution is 2.24. The van der Waals surface area contributed by atoms with Crippen molar-refractivity contribution < 1.29 is 9.53 Å². The second-order valence-electron chi connectivity index (χ2n) is 6.16. The Balaban J connectivity index is 1.39. The molecule has 2 aliphatic heterocycles. The second-order valence-corrected chi connectivity index (χ2v) is 6.16. The number of hydrogen-bond donors (Lipinski definition) is 1. The zero-order valence-electron chi connectivity index (χ0n) is 13.1. The van der Waals surface area contributed by atoms with Gasteiger partial charge in [-0.3, -0.25) is 4.90 Å². The summed E-state index contributed by atoms with van der Waals surface area (Å²) in [4.78, 5) is 16.7. The topological polar surface area (TPSA) is 44.8 Å². The van der Waals surface area contributed by atoms with Gasteiger partial charge in [-0.2, -0.15) is 0 Å². The van der Waals surface area contributed by atoms with Crippen LogP contribution in [0.1, 0.15) is 0 Å².